The molecule has 0 saturated carbocycles. The van der Waals surface area contributed by atoms with Gasteiger partial charge in [-0.1, -0.05) is 13.8 Å². The van der Waals surface area contributed by atoms with Gasteiger partial charge in [0.05, 0.1) is 7.11 Å². The molecule has 3 atom stereocenters. The molecule has 3 amide bonds. The largest absolute Gasteiger partial charge is 0.468 e. The number of hydrazine groups is 1. The molecule has 1 fully saturated rings. The number of nitrogens with zero attached hydrogens (tertiary/aromatic N) is 1. The van der Waals surface area contributed by atoms with E-state index in [2.05, 4.69) is 16.1 Å². The van der Waals surface area contributed by atoms with Gasteiger partial charge in [-0.25, -0.2) is 10.2 Å². The maximum atomic E-state index is 12.7. The van der Waals surface area contributed by atoms with Crippen molar-refractivity contribution in [2.75, 3.05) is 13.7 Å². The summed E-state index contributed by atoms with van der Waals surface area (Å²) >= 11 is 0. The molecule has 0 aromatic rings. The van der Waals surface area contributed by atoms with Crippen LogP contribution in [0.1, 0.15) is 54.4 Å². The summed E-state index contributed by atoms with van der Waals surface area (Å²) in [4.78, 5) is 49.1. The van der Waals surface area contributed by atoms with E-state index in [1.165, 1.54) is 12.1 Å². The van der Waals surface area contributed by atoms with Gasteiger partial charge < -0.3 is 20.1 Å². The van der Waals surface area contributed by atoms with Gasteiger partial charge >= 0.3 is 12.1 Å². The highest BCUT2D eigenvalue weighted by atomic mass is 16.6. The molecule has 0 aromatic carbocycles. The number of hydrogen-bond donors (Lipinski definition) is 3. The molecule has 0 bridgehead atoms. The summed E-state index contributed by atoms with van der Waals surface area (Å²) in [6.07, 6.45) is 0.490. The van der Waals surface area contributed by atoms with Gasteiger partial charge in [0.25, 0.3) is 5.91 Å². The molecule has 166 valence electrons. The minimum atomic E-state index is -0.864. The number of methoxy groups -OCH3 is 1. The molecule has 29 heavy (non-hydrogen) atoms. The quantitative estimate of drug-likeness (QED) is 0.546. The lowest BCUT2D eigenvalue weighted by molar-refractivity contribution is -0.150. The highest BCUT2D eigenvalue weighted by Gasteiger charge is 2.33. The summed E-state index contributed by atoms with van der Waals surface area (Å²) in [5.41, 5.74) is 2.14. The second-order valence-corrected chi connectivity index (χ2v) is 8.44. The van der Waals surface area contributed by atoms with Gasteiger partial charge in [-0.3, -0.25) is 19.4 Å². The molecule has 0 aliphatic carbocycles. The van der Waals surface area contributed by atoms with Crippen molar-refractivity contribution in [2.24, 2.45) is 5.92 Å². The van der Waals surface area contributed by atoms with E-state index >= 15 is 0 Å². The average molecular weight is 415 g/mol. The van der Waals surface area contributed by atoms with E-state index in [1.807, 2.05) is 0 Å². The van der Waals surface area contributed by atoms with Crippen LogP contribution in [0.3, 0.4) is 0 Å². The van der Waals surface area contributed by atoms with Crippen LogP contribution in [0.25, 0.3) is 0 Å². The third kappa shape index (κ3) is 7.88. The van der Waals surface area contributed by atoms with Crippen LogP contribution in [0, 0.1) is 5.92 Å². The Morgan fingerprint density at radius 2 is 1.72 bits per heavy atom. The minimum absolute atomic E-state index is 0.221. The lowest BCUT2D eigenvalue weighted by Gasteiger charge is -2.34. The summed E-state index contributed by atoms with van der Waals surface area (Å²) in [6.45, 7) is 10.7. The van der Waals surface area contributed by atoms with Crippen molar-refractivity contribution in [2.45, 2.75) is 78.1 Å². The van der Waals surface area contributed by atoms with Gasteiger partial charge in [-0.15, -0.1) is 0 Å². The van der Waals surface area contributed by atoms with Crippen molar-refractivity contribution in [1.29, 1.82) is 0 Å². The fourth-order valence-corrected chi connectivity index (χ4v) is 2.83. The predicted octanol–water partition coefficient (Wildman–Crippen LogP) is 0.709. The standard InChI is InChI=1S/C19H34N4O6/c1-11(2)14(21-18(27)29-19(4,5)6)15(24)20-12(3)16(25)23-10-8-9-13(22-23)17(26)28-7/h11-14,22H,8-10H2,1-7H3,(H,20,24)(H,21,27)/t12?,13?,14-/m0/s1. The number of alkyl carbamates (subject to hydrolysis) is 1. The Hall–Kier alpha value is -2.36. The molecule has 0 radical (unpaired) electrons. The van der Waals surface area contributed by atoms with E-state index in [-0.39, 0.29) is 11.8 Å². The van der Waals surface area contributed by atoms with E-state index in [4.69, 9.17) is 9.47 Å². The SMILES string of the molecule is COC(=O)C1CCCN(C(=O)C(C)NC(=O)[C@@H](NC(=O)OC(C)(C)C)C(C)C)N1. The Kier molecular flexibility index (Phi) is 8.87. The number of esters is 1. The second kappa shape index (κ2) is 10.4. The van der Waals surface area contributed by atoms with Gasteiger partial charge in [0.2, 0.25) is 5.91 Å². The first-order valence-corrected chi connectivity index (χ1v) is 9.81. The van der Waals surface area contributed by atoms with E-state index in [9.17, 15) is 19.2 Å². The summed E-state index contributed by atoms with van der Waals surface area (Å²) in [6, 6.07) is -2.32. The lowest BCUT2D eigenvalue weighted by atomic mass is 10.0. The maximum absolute atomic E-state index is 12.7. The van der Waals surface area contributed by atoms with Crippen molar-refractivity contribution in [3.8, 4) is 0 Å². The first-order chi connectivity index (χ1) is 13.4. The smallest absolute Gasteiger partial charge is 0.408 e. The number of ether oxygens (including phenoxy) is 2. The van der Waals surface area contributed by atoms with Crippen molar-refractivity contribution >= 4 is 23.9 Å². The molecule has 2 unspecified atom stereocenters. The van der Waals surface area contributed by atoms with Crippen molar-refractivity contribution in [3.05, 3.63) is 0 Å². The van der Waals surface area contributed by atoms with E-state index in [0.29, 0.717) is 19.4 Å². The van der Waals surface area contributed by atoms with Crippen molar-refractivity contribution in [1.82, 2.24) is 21.1 Å². The van der Waals surface area contributed by atoms with Crippen LogP contribution in [0.4, 0.5) is 4.79 Å². The molecule has 1 aliphatic rings. The number of carbonyl (C=O) groups is 4. The molecule has 3 N–H and O–H groups in total. The Bertz CT molecular complexity index is 616. The van der Waals surface area contributed by atoms with Crippen LogP contribution in [-0.2, 0) is 23.9 Å². The van der Waals surface area contributed by atoms with Crippen molar-refractivity contribution in [3.63, 3.8) is 0 Å². The zero-order valence-corrected chi connectivity index (χ0v) is 18.3. The van der Waals surface area contributed by atoms with Crippen molar-refractivity contribution < 1.29 is 28.7 Å². The van der Waals surface area contributed by atoms with Crippen LogP contribution < -0.4 is 16.1 Å². The van der Waals surface area contributed by atoms with Crippen LogP contribution in [0.2, 0.25) is 0 Å². The molecule has 1 heterocycles. The molecular formula is C19H34N4O6. The number of nitrogens with one attached hydrogen (secondary N) is 3. The topological polar surface area (TPSA) is 126 Å². The maximum Gasteiger partial charge on any atom is 0.408 e. The Balaban J connectivity index is 2.70. The van der Waals surface area contributed by atoms with Crippen LogP contribution >= 0.6 is 0 Å². The van der Waals surface area contributed by atoms with E-state index < -0.39 is 41.7 Å². The molecule has 0 spiro atoms. The lowest BCUT2D eigenvalue weighted by Crippen LogP contribution is -2.61. The molecule has 1 rings (SSSR count). The highest BCUT2D eigenvalue weighted by Crippen LogP contribution is 2.11. The Morgan fingerprint density at radius 1 is 1.10 bits per heavy atom. The Labute approximate surface area is 172 Å². The predicted molar refractivity (Wildman–Crippen MR) is 105 cm³/mol. The normalized spacial score (nSPS) is 19.2. The zero-order chi connectivity index (χ0) is 22.4. The number of hydrogen-bond acceptors (Lipinski definition) is 7. The summed E-state index contributed by atoms with van der Waals surface area (Å²) in [5, 5.41) is 6.50. The highest BCUT2D eigenvalue weighted by molar-refractivity contribution is 5.91. The molecule has 10 heteroatoms. The van der Waals surface area contributed by atoms with Gasteiger partial charge in [0.1, 0.15) is 23.7 Å². The summed E-state index contributed by atoms with van der Waals surface area (Å²) in [5.74, 6) is -1.54. The zero-order valence-electron chi connectivity index (χ0n) is 18.3. The molecule has 1 saturated heterocycles. The first kappa shape index (κ1) is 24.7. The minimum Gasteiger partial charge on any atom is -0.468 e. The van der Waals surface area contributed by atoms with E-state index in [1.54, 1.807) is 41.5 Å². The molecule has 0 aromatic heterocycles. The number of rotatable bonds is 6. The number of carbonyl (C=O) groups excluding carboxylic acids is 4. The fraction of sp³-hybridized carbons (Fsp3) is 0.789. The first-order valence-electron chi connectivity index (χ1n) is 9.81. The monoisotopic (exact) mass is 414 g/mol. The van der Waals surface area contributed by atoms with Gasteiger partial charge in [0.15, 0.2) is 0 Å². The second-order valence-electron chi connectivity index (χ2n) is 8.44. The molecule has 10 nitrogen and oxygen atoms in total. The summed E-state index contributed by atoms with van der Waals surface area (Å²) < 4.78 is 9.91. The third-order valence-electron chi connectivity index (χ3n) is 4.29. The van der Waals surface area contributed by atoms with Crippen LogP contribution in [0.5, 0.6) is 0 Å². The fourth-order valence-electron chi connectivity index (χ4n) is 2.83. The molecular weight excluding hydrogens is 380 g/mol. The molecule has 1 aliphatic heterocycles. The van der Waals surface area contributed by atoms with Crippen LogP contribution in [-0.4, -0.2) is 66.3 Å². The Morgan fingerprint density at radius 3 is 2.24 bits per heavy atom. The summed E-state index contributed by atoms with van der Waals surface area (Å²) in [7, 11) is 1.29. The average Bonchev–Trinajstić information content (AvgIpc) is 2.63. The van der Waals surface area contributed by atoms with Gasteiger partial charge in [-0.2, -0.15) is 0 Å². The third-order valence-corrected chi connectivity index (χ3v) is 4.29. The van der Waals surface area contributed by atoms with Crippen LogP contribution in [0.15, 0.2) is 0 Å². The number of amides is 3. The van der Waals surface area contributed by atoms with Gasteiger partial charge in [0, 0.05) is 6.54 Å². The van der Waals surface area contributed by atoms with Gasteiger partial charge in [-0.05, 0) is 46.5 Å². The van der Waals surface area contributed by atoms with E-state index in [0.717, 1.165) is 0 Å².